The number of nitrogens with two attached hydrogens (primary N) is 1. The Hall–Kier alpha value is -0.820. The first-order valence-electron chi connectivity index (χ1n) is 5.19. The number of aliphatic imine (C=N–C) groups is 1. The summed E-state index contributed by atoms with van der Waals surface area (Å²) in [6.45, 7) is 6.59. The van der Waals surface area contributed by atoms with Crippen LogP contribution in [0.3, 0.4) is 0 Å². The minimum Gasteiger partial charge on any atom is -0.370 e. The van der Waals surface area contributed by atoms with Crippen molar-refractivity contribution in [1.29, 1.82) is 0 Å². The minimum absolute atomic E-state index is 0.294. The molecule has 16 heavy (non-hydrogen) atoms. The first kappa shape index (κ1) is 15.2. The Labute approximate surface area is 97.8 Å². The maximum atomic E-state index is 11.1. The summed E-state index contributed by atoms with van der Waals surface area (Å²) < 4.78 is 24.6. The van der Waals surface area contributed by atoms with Crippen molar-refractivity contribution < 1.29 is 8.42 Å². The van der Waals surface area contributed by atoms with Crippen molar-refractivity contribution in [3.63, 3.8) is 0 Å². The van der Waals surface area contributed by atoms with E-state index in [0.717, 1.165) is 19.2 Å². The van der Waals surface area contributed by atoms with Crippen LogP contribution in [0.5, 0.6) is 0 Å². The van der Waals surface area contributed by atoms with Crippen molar-refractivity contribution >= 4 is 16.0 Å². The lowest BCUT2D eigenvalue weighted by Gasteiger charge is -2.22. The molecule has 0 radical (unpaired) electrons. The van der Waals surface area contributed by atoms with Crippen LogP contribution in [0.25, 0.3) is 0 Å². The van der Waals surface area contributed by atoms with Crippen LogP contribution in [-0.4, -0.2) is 39.3 Å². The Bertz CT molecular complexity index is 335. The van der Waals surface area contributed by atoms with E-state index in [0.29, 0.717) is 12.5 Å². The van der Waals surface area contributed by atoms with Crippen molar-refractivity contribution in [2.45, 2.75) is 32.7 Å². The summed E-state index contributed by atoms with van der Waals surface area (Å²) in [5, 5.41) is 2.92. The van der Waals surface area contributed by atoms with Crippen LogP contribution in [0, 0.1) is 0 Å². The number of nitrogens with one attached hydrogen (secondary N) is 2. The highest BCUT2D eigenvalue weighted by atomic mass is 32.2. The highest BCUT2D eigenvalue weighted by Gasteiger charge is 2.21. The number of nitrogens with zero attached hydrogens (tertiary/aromatic N) is 1. The summed E-state index contributed by atoms with van der Waals surface area (Å²) in [6, 6.07) is 0. The van der Waals surface area contributed by atoms with Gasteiger partial charge in [0.25, 0.3) is 0 Å². The van der Waals surface area contributed by atoms with Crippen LogP contribution in [0.15, 0.2) is 4.99 Å². The molecule has 7 heteroatoms. The number of sulfonamides is 1. The normalized spacial score (nSPS) is 13.9. The highest BCUT2D eigenvalue weighted by Crippen LogP contribution is 2.03. The standard InChI is InChI=1S/C9H22N4O2S/c1-5-6-11-8(10)12-7-9(2,3)13-16(4,14)15/h13H,5-7H2,1-4H3,(H3,10,11,12). The summed E-state index contributed by atoms with van der Waals surface area (Å²) >= 11 is 0. The van der Waals surface area contributed by atoms with E-state index in [1.54, 1.807) is 13.8 Å². The number of hydrogen-bond donors (Lipinski definition) is 3. The quantitative estimate of drug-likeness (QED) is 0.442. The molecule has 0 unspecified atom stereocenters. The maximum Gasteiger partial charge on any atom is 0.209 e. The molecular formula is C9H22N4O2S. The molecule has 6 nitrogen and oxygen atoms in total. The van der Waals surface area contributed by atoms with Gasteiger partial charge < -0.3 is 11.1 Å². The van der Waals surface area contributed by atoms with Gasteiger partial charge in [0.2, 0.25) is 10.0 Å². The molecule has 0 spiro atoms. The van der Waals surface area contributed by atoms with Gasteiger partial charge in [-0.2, -0.15) is 0 Å². The molecule has 0 aliphatic rings. The molecule has 0 saturated carbocycles. The van der Waals surface area contributed by atoms with Gasteiger partial charge in [0, 0.05) is 12.1 Å². The van der Waals surface area contributed by atoms with Gasteiger partial charge >= 0.3 is 0 Å². The molecule has 0 bridgehead atoms. The lowest BCUT2D eigenvalue weighted by atomic mass is 10.1. The van der Waals surface area contributed by atoms with Crippen molar-refractivity contribution in [1.82, 2.24) is 10.0 Å². The van der Waals surface area contributed by atoms with Gasteiger partial charge in [-0.1, -0.05) is 6.92 Å². The van der Waals surface area contributed by atoms with Crippen LogP contribution in [-0.2, 0) is 10.0 Å². The number of rotatable bonds is 6. The molecule has 0 rings (SSSR count). The van der Waals surface area contributed by atoms with Crippen molar-refractivity contribution in [3.8, 4) is 0 Å². The zero-order valence-corrected chi connectivity index (χ0v) is 11.2. The van der Waals surface area contributed by atoms with Crippen molar-refractivity contribution in [2.24, 2.45) is 10.7 Å². The average molecular weight is 250 g/mol. The van der Waals surface area contributed by atoms with E-state index >= 15 is 0 Å². The van der Waals surface area contributed by atoms with E-state index < -0.39 is 15.6 Å². The van der Waals surface area contributed by atoms with Gasteiger partial charge in [0.1, 0.15) is 0 Å². The van der Waals surface area contributed by atoms with E-state index in [9.17, 15) is 8.42 Å². The minimum atomic E-state index is -3.23. The van der Waals surface area contributed by atoms with Crippen LogP contribution in [0.2, 0.25) is 0 Å². The van der Waals surface area contributed by atoms with Crippen LogP contribution in [0.1, 0.15) is 27.2 Å². The third-order valence-corrected chi connectivity index (χ3v) is 2.59. The largest absolute Gasteiger partial charge is 0.370 e. The van der Waals surface area contributed by atoms with E-state index in [1.165, 1.54) is 0 Å². The second-order valence-electron chi connectivity index (χ2n) is 4.39. The topological polar surface area (TPSA) is 96.6 Å². The summed E-state index contributed by atoms with van der Waals surface area (Å²) in [7, 11) is -3.23. The molecule has 0 saturated heterocycles. The first-order chi connectivity index (χ1) is 7.16. The predicted molar refractivity (Wildman–Crippen MR) is 66.8 cm³/mol. The fourth-order valence-corrected chi connectivity index (χ4v) is 2.19. The van der Waals surface area contributed by atoms with Gasteiger partial charge in [0.05, 0.1) is 12.8 Å². The molecule has 0 heterocycles. The van der Waals surface area contributed by atoms with Crippen molar-refractivity contribution in [3.05, 3.63) is 0 Å². The van der Waals surface area contributed by atoms with Gasteiger partial charge in [0.15, 0.2) is 5.96 Å². The van der Waals surface area contributed by atoms with E-state index in [2.05, 4.69) is 15.0 Å². The lowest BCUT2D eigenvalue weighted by Crippen LogP contribution is -2.46. The highest BCUT2D eigenvalue weighted by molar-refractivity contribution is 7.88. The molecule has 0 fully saturated rings. The Kier molecular flexibility index (Phi) is 5.74. The monoisotopic (exact) mass is 250 g/mol. The van der Waals surface area contributed by atoms with Gasteiger partial charge in [-0.3, -0.25) is 4.99 Å². The SMILES string of the molecule is CCCNC(N)=NCC(C)(C)NS(C)(=O)=O. The third-order valence-electron chi connectivity index (χ3n) is 1.66. The summed E-state index contributed by atoms with van der Waals surface area (Å²) in [4.78, 5) is 4.07. The molecule has 0 aliphatic carbocycles. The van der Waals surface area contributed by atoms with E-state index in [1.807, 2.05) is 6.92 Å². The van der Waals surface area contributed by atoms with Gasteiger partial charge in [-0.25, -0.2) is 13.1 Å². The average Bonchev–Trinajstić information content (AvgIpc) is 2.07. The zero-order chi connectivity index (χ0) is 12.8. The van der Waals surface area contributed by atoms with Crippen LogP contribution >= 0.6 is 0 Å². The Morgan fingerprint density at radius 1 is 1.44 bits per heavy atom. The van der Waals surface area contributed by atoms with Gasteiger partial charge in [-0.05, 0) is 20.3 Å². The molecule has 0 amide bonds. The predicted octanol–water partition coefficient (Wildman–Crippen LogP) is -0.371. The van der Waals surface area contributed by atoms with E-state index in [4.69, 9.17) is 5.73 Å². The molecule has 0 aromatic heterocycles. The Morgan fingerprint density at radius 2 is 2.00 bits per heavy atom. The molecule has 0 aliphatic heterocycles. The van der Waals surface area contributed by atoms with Gasteiger partial charge in [-0.15, -0.1) is 0 Å². The second-order valence-corrected chi connectivity index (χ2v) is 6.13. The molecular weight excluding hydrogens is 228 g/mol. The fraction of sp³-hybridized carbons (Fsp3) is 0.889. The molecule has 0 atom stereocenters. The number of hydrogen-bond acceptors (Lipinski definition) is 3. The van der Waals surface area contributed by atoms with Crippen LogP contribution < -0.4 is 15.8 Å². The molecule has 4 N–H and O–H groups in total. The lowest BCUT2D eigenvalue weighted by molar-refractivity contribution is 0.465. The summed E-state index contributed by atoms with van der Waals surface area (Å²) in [5.41, 5.74) is 4.96. The molecule has 96 valence electrons. The Morgan fingerprint density at radius 3 is 2.44 bits per heavy atom. The van der Waals surface area contributed by atoms with Crippen molar-refractivity contribution in [2.75, 3.05) is 19.3 Å². The number of guanidine groups is 1. The molecule has 0 aromatic carbocycles. The maximum absolute atomic E-state index is 11.1. The second kappa shape index (κ2) is 6.05. The summed E-state index contributed by atoms with van der Waals surface area (Å²) in [6.07, 6.45) is 2.08. The smallest absolute Gasteiger partial charge is 0.209 e. The van der Waals surface area contributed by atoms with Crippen LogP contribution in [0.4, 0.5) is 0 Å². The molecule has 0 aromatic rings. The zero-order valence-electron chi connectivity index (χ0n) is 10.4. The fourth-order valence-electron chi connectivity index (χ4n) is 1.13. The third kappa shape index (κ3) is 8.49. The Balaban J connectivity index is 4.26. The van der Waals surface area contributed by atoms with E-state index in [-0.39, 0.29) is 0 Å². The summed E-state index contributed by atoms with van der Waals surface area (Å²) in [5.74, 6) is 0.338. The first-order valence-corrected chi connectivity index (χ1v) is 7.08.